The van der Waals surface area contributed by atoms with Crippen molar-refractivity contribution in [2.45, 2.75) is 40.0 Å². The number of ketones is 1. The van der Waals surface area contributed by atoms with Crippen LogP contribution < -0.4 is 0 Å². The van der Waals surface area contributed by atoms with Crippen LogP contribution in [0.25, 0.3) is 0 Å². The molecule has 0 saturated heterocycles. The van der Waals surface area contributed by atoms with E-state index in [9.17, 15) is 9.59 Å². The summed E-state index contributed by atoms with van der Waals surface area (Å²) in [6.45, 7) is 4.74. The molecule has 0 atom stereocenters. The van der Waals surface area contributed by atoms with Crippen LogP contribution in [-0.2, 0) is 14.3 Å². The van der Waals surface area contributed by atoms with Gasteiger partial charge in [0.05, 0.1) is 0 Å². The third-order valence-corrected chi connectivity index (χ3v) is 1.55. The smallest absolute Gasteiger partial charge is 0.307 e. The molecular weight excluding hydrogens is 168 g/mol. The Morgan fingerprint density at radius 2 is 1.85 bits per heavy atom. The molecule has 0 aromatic rings. The Hall–Kier alpha value is -1.12. The summed E-state index contributed by atoms with van der Waals surface area (Å²) in [5, 5.41) is 0. The first-order chi connectivity index (χ1) is 6.06. The van der Waals surface area contributed by atoms with Gasteiger partial charge in [-0.1, -0.05) is 0 Å². The van der Waals surface area contributed by atoms with E-state index in [4.69, 9.17) is 4.74 Å². The molecule has 0 saturated carbocycles. The maximum atomic E-state index is 10.6. The van der Waals surface area contributed by atoms with Crippen LogP contribution in [0.3, 0.4) is 0 Å². The third-order valence-electron chi connectivity index (χ3n) is 1.55. The largest absolute Gasteiger partial charge is 0.432 e. The molecule has 0 heterocycles. The van der Waals surface area contributed by atoms with Crippen LogP contribution in [0.15, 0.2) is 11.8 Å². The molecule has 0 aromatic carbocycles. The Morgan fingerprint density at radius 3 is 2.23 bits per heavy atom. The molecule has 0 spiro atoms. The molecular formula is C10H16O3. The highest BCUT2D eigenvalue weighted by molar-refractivity contribution is 5.75. The van der Waals surface area contributed by atoms with Gasteiger partial charge < -0.3 is 9.53 Å². The van der Waals surface area contributed by atoms with Crippen molar-refractivity contribution < 1.29 is 14.3 Å². The number of carbonyl (C=O) groups is 2. The normalized spacial score (nSPS) is 11.2. The number of hydrogen-bond acceptors (Lipinski definition) is 3. The van der Waals surface area contributed by atoms with Gasteiger partial charge in [0.1, 0.15) is 11.5 Å². The molecule has 0 unspecified atom stereocenters. The van der Waals surface area contributed by atoms with Crippen LogP contribution in [0.2, 0.25) is 0 Å². The Morgan fingerprint density at radius 1 is 1.23 bits per heavy atom. The number of rotatable bonds is 5. The monoisotopic (exact) mass is 184 g/mol. The van der Waals surface area contributed by atoms with Crippen molar-refractivity contribution in [2.24, 2.45) is 0 Å². The minimum Gasteiger partial charge on any atom is -0.432 e. The average Bonchev–Trinajstić information content (AvgIpc) is 2.01. The summed E-state index contributed by atoms with van der Waals surface area (Å²) in [4.78, 5) is 21.2. The summed E-state index contributed by atoms with van der Waals surface area (Å²) in [6.07, 6.45) is 3.68. The fourth-order valence-corrected chi connectivity index (χ4v) is 0.950. The van der Waals surface area contributed by atoms with Gasteiger partial charge in [0.15, 0.2) is 0 Å². The number of esters is 1. The summed E-state index contributed by atoms with van der Waals surface area (Å²) in [7, 11) is 0. The Kier molecular flexibility index (Phi) is 5.85. The van der Waals surface area contributed by atoms with E-state index in [0.29, 0.717) is 18.6 Å². The third kappa shape index (κ3) is 7.25. The highest BCUT2D eigenvalue weighted by atomic mass is 16.5. The lowest BCUT2D eigenvalue weighted by atomic mass is 10.1. The fraction of sp³-hybridized carbons (Fsp3) is 0.600. The van der Waals surface area contributed by atoms with Gasteiger partial charge >= 0.3 is 5.97 Å². The van der Waals surface area contributed by atoms with Gasteiger partial charge in [-0.05, 0) is 26.3 Å². The van der Waals surface area contributed by atoms with E-state index in [1.54, 1.807) is 13.0 Å². The Labute approximate surface area is 78.8 Å². The Bertz CT molecular complexity index is 216. The van der Waals surface area contributed by atoms with Crippen molar-refractivity contribution in [2.75, 3.05) is 0 Å². The predicted molar refractivity (Wildman–Crippen MR) is 50.1 cm³/mol. The second-order valence-corrected chi connectivity index (χ2v) is 2.90. The van der Waals surface area contributed by atoms with Gasteiger partial charge in [-0.25, -0.2) is 0 Å². The van der Waals surface area contributed by atoms with Crippen LogP contribution in [0.4, 0.5) is 0 Å². The maximum absolute atomic E-state index is 10.6. The van der Waals surface area contributed by atoms with E-state index in [1.165, 1.54) is 6.92 Å². The fourth-order valence-electron chi connectivity index (χ4n) is 0.950. The quantitative estimate of drug-likeness (QED) is 0.486. The first-order valence-corrected chi connectivity index (χ1v) is 4.39. The van der Waals surface area contributed by atoms with E-state index < -0.39 is 0 Å². The molecule has 0 N–H and O–H groups in total. The molecule has 3 nitrogen and oxygen atoms in total. The van der Waals surface area contributed by atoms with Crippen molar-refractivity contribution in [3.8, 4) is 0 Å². The minimum atomic E-state index is -0.309. The molecule has 0 radical (unpaired) electrons. The van der Waals surface area contributed by atoms with Crippen LogP contribution >= 0.6 is 0 Å². The van der Waals surface area contributed by atoms with E-state index in [2.05, 4.69) is 0 Å². The summed E-state index contributed by atoms with van der Waals surface area (Å²) < 4.78 is 4.89. The first kappa shape index (κ1) is 11.9. The van der Waals surface area contributed by atoms with Gasteiger partial charge in [0.2, 0.25) is 0 Å². The number of hydrogen-bond donors (Lipinski definition) is 0. The molecule has 3 heteroatoms. The average molecular weight is 184 g/mol. The van der Waals surface area contributed by atoms with Crippen LogP contribution in [0.1, 0.15) is 40.0 Å². The molecule has 0 aliphatic carbocycles. The molecule has 0 amide bonds. The standard InChI is InChI=1S/C10H16O3/c1-4-10(13-9(3)12)7-5-6-8(2)11/h4H,5-7H2,1-3H3. The maximum Gasteiger partial charge on any atom is 0.307 e. The predicted octanol–water partition coefficient (Wildman–Crippen LogP) is 2.21. The summed E-state index contributed by atoms with van der Waals surface area (Å²) in [6, 6.07) is 0. The highest BCUT2D eigenvalue weighted by Crippen LogP contribution is 2.09. The van der Waals surface area contributed by atoms with Gasteiger partial charge in [0.25, 0.3) is 0 Å². The van der Waals surface area contributed by atoms with Crippen molar-refractivity contribution in [3.05, 3.63) is 11.8 Å². The van der Waals surface area contributed by atoms with Crippen molar-refractivity contribution in [1.82, 2.24) is 0 Å². The molecule has 0 rings (SSSR count). The van der Waals surface area contributed by atoms with Crippen LogP contribution in [-0.4, -0.2) is 11.8 Å². The van der Waals surface area contributed by atoms with Gasteiger partial charge in [0, 0.05) is 19.8 Å². The molecule has 13 heavy (non-hydrogen) atoms. The number of carbonyl (C=O) groups excluding carboxylic acids is 2. The summed E-state index contributed by atoms with van der Waals surface area (Å²) in [5.41, 5.74) is 0. The number of allylic oxidation sites excluding steroid dienone is 2. The van der Waals surface area contributed by atoms with E-state index in [0.717, 1.165) is 6.42 Å². The number of ether oxygens (including phenoxy) is 1. The zero-order valence-corrected chi connectivity index (χ0v) is 8.42. The number of Topliss-reactive ketones (excluding diaryl/α,β-unsaturated/α-hetero) is 1. The van der Waals surface area contributed by atoms with E-state index >= 15 is 0 Å². The molecule has 0 aromatic heterocycles. The lowest BCUT2D eigenvalue weighted by Crippen LogP contribution is -1.99. The topological polar surface area (TPSA) is 43.4 Å². The summed E-state index contributed by atoms with van der Waals surface area (Å²) in [5.74, 6) is 0.503. The van der Waals surface area contributed by atoms with Crippen molar-refractivity contribution >= 4 is 11.8 Å². The first-order valence-electron chi connectivity index (χ1n) is 4.39. The van der Waals surface area contributed by atoms with Gasteiger partial charge in [-0.15, -0.1) is 0 Å². The summed E-state index contributed by atoms with van der Waals surface area (Å²) >= 11 is 0. The molecule has 0 bridgehead atoms. The second-order valence-electron chi connectivity index (χ2n) is 2.90. The molecule has 74 valence electrons. The zero-order valence-electron chi connectivity index (χ0n) is 8.42. The molecule has 0 aliphatic rings. The lowest BCUT2D eigenvalue weighted by Gasteiger charge is -2.04. The molecule has 0 aliphatic heterocycles. The zero-order chi connectivity index (χ0) is 10.3. The Balaban J connectivity index is 3.74. The van der Waals surface area contributed by atoms with Gasteiger partial charge in [-0.2, -0.15) is 0 Å². The van der Waals surface area contributed by atoms with Crippen molar-refractivity contribution in [1.29, 1.82) is 0 Å². The van der Waals surface area contributed by atoms with Crippen LogP contribution in [0, 0.1) is 0 Å². The van der Waals surface area contributed by atoms with Crippen molar-refractivity contribution in [3.63, 3.8) is 0 Å². The lowest BCUT2D eigenvalue weighted by molar-refractivity contribution is -0.137. The SMILES string of the molecule is CC=C(CCCC(C)=O)OC(C)=O. The van der Waals surface area contributed by atoms with E-state index in [-0.39, 0.29) is 11.8 Å². The van der Waals surface area contributed by atoms with Gasteiger partial charge in [-0.3, -0.25) is 4.79 Å². The van der Waals surface area contributed by atoms with E-state index in [1.807, 2.05) is 6.92 Å². The minimum absolute atomic E-state index is 0.165. The highest BCUT2D eigenvalue weighted by Gasteiger charge is 2.01. The molecule has 0 fully saturated rings. The second kappa shape index (κ2) is 6.40. The van der Waals surface area contributed by atoms with Crippen LogP contribution in [0.5, 0.6) is 0 Å².